The number of benzene rings is 1. The van der Waals surface area contributed by atoms with Crippen LogP contribution in [-0.4, -0.2) is 26.1 Å². The minimum absolute atomic E-state index is 0.0116. The third kappa shape index (κ3) is 4.00. The second-order valence-electron chi connectivity index (χ2n) is 7.91. The summed E-state index contributed by atoms with van der Waals surface area (Å²) >= 11 is 0. The average molecular weight is 421 g/mol. The third-order valence-electron chi connectivity index (χ3n) is 5.73. The lowest BCUT2D eigenvalue weighted by molar-refractivity contribution is -0.125. The van der Waals surface area contributed by atoms with Gasteiger partial charge in [0.1, 0.15) is 17.4 Å². The molecule has 4 aromatic rings. The molecule has 3 heterocycles. The topological polar surface area (TPSA) is 81.5 Å². The lowest BCUT2D eigenvalue weighted by Gasteiger charge is -2.21. The number of aryl methyl sites for hydroxylation is 2. The Morgan fingerprint density at radius 2 is 1.94 bits per heavy atom. The molecule has 0 aliphatic carbocycles. The van der Waals surface area contributed by atoms with Gasteiger partial charge in [-0.25, -0.2) is 4.68 Å². The molecule has 31 heavy (non-hydrogen) atoms. The number of amides is 1. The molecule has 3 aromatic heterocycles. The van der Waals surface area contributed by atoms with E-state index in [2.05, 4.69) is 22.5 Å². The maximum Gasteiger partial charge on any atom is 0.291 e. The van der Waals surface area contributed by atoms with Crippen LogP contribution in [-0.2, 0) is 17.6 Å². The molecule has 1 amide bonds. The number of carbonyl (C=O) groups excluding carboxylic acids is 1. The molecule has 0 saturated heterocycles. The largest absolute Gasteiger partial charge is 0.463 e. The summed E-state index contributed by atoms with van der Waals surface area (Å²) in [4.78, 5) is 26.3. The van der Waals surface area contributed by atoms with Crippen molar-refractivity contribution in [1.82, 2.24) is 19.5 Å². The van der Waals surface area contributed by atoms with Gasteiger partial charge in [0.05, 0.1) is 11.8 Å². The van der Waals surface area contributed by atoms with Gasteiger partial charge in [-0.15, -0.1) is 0 Å². The van der Waals surface area contributed by atoms with E-state index < -0.39 is 6.04 Å². The quantitative estimate of drug-likeness (QED) is 0.469. The minimum Gasteiger partial charge on any atom is -0.463 e. The van der Waals surface area contributed by atoms with Crippen molar-refractivity contribution in [3.05, 3.63) is 70.5 Å². The Hall–Kier alpha value is -3.35. The predicted molar refractivity (Wildman–Crippen MR) is 120 cm³/mol. The van der Waals surface area contributed by atoms with E-state index in [1.165, 1.54) is 10.2 Å². The van der Waals surface area contributed by atoms with Crippen LogP contribution in [0.25, 0.3) is 16.6 Å². The molecular formula is C24H28N4O3. The third-order valence-corrected chi connectivity index (χ3v) is 5.73. The smallest absolute Gasteiger partial charge is 0.291 e. The van der Waals surface area contributed by atoms with Crippen molar-refractivity contribution in [3.63, 3.8) is 0 Å². The van der Waals surface area contributed by atoms with Gasteiger partial charge in [-0.05, 0) is 31.7 Å². The lowest BCUT2D eigenvalue weighted by Crippen LogP contribution is -2.42. The molecule has 0 fully saturated rings. The van der Waals surface area contributed by atoms with Gasteiger partial charge in [0.25, 0.3) is 5.56 Å². The van der Waals surface area contributed by atoms with Gasteiger partial charge in [0.15, 0.2) is 5.58 Å². The fraction of sp³-hybridized carbons (Fsp3) is 0.375. The number of rotatable bonds is 8. The van der Waals surface area contributed by atoms with E-state index in [9.17, 15) is 9.59 Å². The summed E-state index contributed by atoms with van der Waals surface area (Å²) in [6, 6.07) is 13.1. The Kier molecular flexibility index (Phi) is 5.93. The Morgan fingerprint density at radius 3 is 2.65 bits per heavy atom. The van der Waals surface area contributed by atoms with Gasteiger partial charge >= 0.3 is 0 Å². The van der Waals surface area contributed by atoms with Crippen LogP contribution in [0.5, 0.6) is 0 Å². The molecule has 1 aromatic carbocycles. The molecule has 7 heteroatoms. The lowest BCUT2D eigenvalue weighted by atomic mass is 10.1. The zero-order valence-electron chi connectivity index (χ0n) is 18.2. The van der Waals surface area contributed by atoms with E-state index >= 15 is 0 Å². The highest BCUT2D eigenvalue weighted by Crippen LogP contribution is 2.21. The van der Waals surface area contributed by atoms with E-state index in [0.717, 1.165) is 24.2 Å². The molecular weight excluding hydrogens is 392 g/mol. The van der Waals surface area contributed by atoms with Gasteiger partial charge in [-0.2, -0.15) is 5.10 Å². The first-order valence-electron chi connectivity index (χ1n) is 10.9. The maximum absolute atomic E-state index is 13.2. The molecule has 0 saturated carbocycles. The summed E-state index contributed by atoms with van der Waals surface area (Å²) in [7, 11) is 0. The van der Waals surface area contributed by atoms with Crippen LogP contribution in [0.15, 0.2) is 57.9 Å². The molecule has 0 unspecified atom stereocenters. The molecule has 162 valence electrons. The first-order valence-corrected chi connectivity index (χ1v) is 10.9. The van der Waals surface area contributed by atoms with Gasteiger partial charge in [-0.3, -0.25) is 14.0 Å². The second kappa shape index (κ2) is 8.79. The zero-order valence-corrected chi connectivity index (χ0v) is 18.2. The Morgan fingerprint density at radius 1 is 1.16 bits per heavy atom. The van der Waals surface area contributed by atoms with Crippen molar-refractivity contribution in [2.75, 3.05) is 0 Å². The highest BCUT2D eigenvalue weighted by Gasteiger charge is 2.25. The highest BCUT2D eigenvalue weighted by atomic mass is 16.3. The van der Waals surface area contributed by atoms with Gasteiger partial charge < -0.3 is 9.73 Å². The first kappa shape index (κ1) is 20.9. The summed E-state index contributed by atoms with van der Waals surface area (Å²) in [5, 5.41) is 7.65. The number of hydrogen-bond acceptors (Lipinski definition) is 4. The average Bonchev–Trinajstić information content (AvgIpc) is 3.37. The molecule has 7 nitrogen and oxygen atoms in total. The number of hydrogen-bond donors (Lipinski definition) is 1. The number of fused-ring (bicyclic) bond motifs is 3. The summed E-state index contributed by atoms with van der Waals surface area (Å²) in [5.74, 6) is 0.536. The summed E-state index contributed by atoms with van der Waals surface area (Å²) in [6.07, 6.45) is 4.40. The van der Waals surface area contributed by atoms with Crippen LogP contribution in [0, 0.1) is 0 Å². The van der Waals surface area contributed by atoms with Crippen molar-refractivity contribution < 1.29 is 9.21 Å². The predicted octanol–water partition coefficient (Wildman–Crippen LogP) is 3.89. The minimum atomic E-state index is -0.664. The molecule has 2 atom stereocenters. The summed E-state index contributed by atoms with van der Waals surface area (Å²) in [6.45, 7) is 5.87. The van der Waals surface area contributed by atoms with Crippen LogP contribution >= 0.6 is 0 Å². The Labute approximate surface area is 180 Å². The van der Waals surface area contributed by atoms with E-state index in [0.29, 0.717) is 23.9 Å². The van der Waals surface area contributed by atoms with Crippen LogP contribution in [0.4, 0.5) is 0 Å². The molecule has 0 radical (unpaired) electrons. The van der Waals surface area contributed by atoms with E-state index in [4.69, 9.17) is 4.42 Å². The van der Waals surface area contributed by atoms with Crippen LogP contribution in [0.3, 0.4) is 0 Å². The van der Waals surface area contributed by atoms with Crippen molar-refractivity contribution >= 4 is 22.5 Å². The standard InChI is InChI=1S/C24H28N4O3/c1-4-18(23(29)25-16(3)11-12-17-9-7-6-8-10-17)28-24(30)20-15-21-19(13-14-31-21)27(20)22(5-2)26-28/h6-10,13-16,18H,4-5,11-12H2,1-3H3,(H,25,29)/t16-,18+/m0/s1. The monoisotopic (exact) mass is 420 g/mol. The fourth-order valence-corrected chi connectivity index (χ4v) is 4.04. The SMILES string of the molecule is CCc1nn([C@H](CC)C(=O)N[C@@H](C)CCc2ccccc2)c(=O)c2cc3occc3n12. The second-order valence-corrected chi connectivity index (χ2v) is 7.91. The van der Waals surface area contributed by atoms with Gasteiger partial charge in [0.2, 0.25) is 5.91 Å². The van der Waals surface area contributed by atoms with E-state index in [-0.39, 0.29) is 17.5 Å². The molecule has 0 aliphatic rings. The Balaban J connectivity index is 1.58. The van der Waals surface area contributed by atoms with Crippen molar-refractivity contribution in [2.45, 2.75) is 58.5 Å². The summed E-state index contributed by atoms with van der Waals surface area (Å²) < 4.78 is 8.64. The number of nitrogens with zero attached hydrogens (tertiary/aromatic N) is 3. The number of carbonyl (C=O) groups is 1. The zero-order chi connectivity index (χ0) is 22.0. The highest BCUT2D eigenvalue weighted by molar-refractivity contribution is 5.83. The number of nitrogens with one attached hydrogen (secondary N) is 1. The molecule has 4 rings (SSSR count). The molecule has 0 spiro atoms. The summed E-state index contributed by atoms with van der Waals surface area (Å²) in [5.41, 5.74) is 2.88. The Bertz CT molecular complexity index is 1250. The first-order chi connectivity index (χ1) is 15.0. The van der Waals surface area contributed by atoms with Crippen molar-refractivity contribution in [1.29, 1.82) is 0 Å². The number of furan rings is 1. The van der Waals surface area contributed by atoms with Gasteiger partial charge in [-0.1, -0.05) is 44.2 Å². The van der Waals surface area contributed by atoms with E-state index in [1.807, 2.05) is 49.4 Å². The van der Waals surface area contributed by atoms with Crippen LogP contribution in [0.1, 0.15) is 51.0 Å². The maximum atomic E-state index is 13.2. The van der Waals surface area contributed by atoms with Gasteiger partial charge in [0, 0.05) is 24.6 Å². The normalized spacial score (nSPS) is 13.5. The van der Waals surface area contributed by atoms with Crippen molar-refractivity contribution in [3.8, 4) is 0 Å². The number of aromatic nitrogens is 3. The van der Waals surface area contributed by atoms with E-state index in [1.54, 1.807) is 12.3 Å². The molecule has 0 bridgehead atoms. The van der Waals surface area contributed by atoms with Crippen molar-refractivity contribution in [2.24, 2.45) is 0 Å². The van der Waals surface area contributed by atoms with Crippen LogP contribution in [0.2, 0.25) is 0 Å². The molecule has 1 N–H and O–H groups in total. The van der Waals surface area contributed by atoms with Crippen LogP contribution < -0.4 is 10.9 Å². The molecule has 0 aliphatic heterocycles. The fourth-order valence-electron chi connectivity index (χ4n) is 4.04.